The van der Waals surface area contributed by atoms with Crippen LogP contribution in [0.5, 0.6) is 0 Å². The largest absolute Gasteiger partial charge is 0.480 e. The van der Waals surface area contributed by atoms with Crippen molar-refractivity contribution >= 4 is 11.9 Å². The average molecular weight is 269 g/mol. The summed E-state index contributed by atoms with van der Waals surface area (Å²) >= 11 is 0. The molecule has 0 saturated carbocycles. The molecule has 0 bridgehead atoms. The molecule has 0 saturated heterocycles. The summed E-state index contributed by atoms with van der Waals surface area (Å²) in [5.74, 6) is -0.648. The molecule has 0 aromatic heterocycles. The maximum atomic E-state index is 12.0. The van der Waals surface area contributed by atoms with Crippen LogP contribution in [0.15, 0.2) is 12.2 Å². The fraction of sp³-hybridized carbons (Fsp3) is 0.733. The molecule has 110 valence electrons. The molecule has 2 atom stereocenters. The number of allylic oxidation sites excluding steroid dienone is 2. The van der Waals surface area contributed by atoms with E-state index in [1.165, 1.54) is 0 Å². The lowest BCUT2D eigenvalue weighted by molar-refractivity contribution is -0.140. The van der Waals surface area contributed by atoms with Crippen LogP contribution in [0.4, 0.5) is 0 Å². The van der Waals surface area contributed by atoms with Crippen LogP contribution in [0, 0.1) is 11.3 Å². The van der Waals surface area contributed by atoms with Gasteiger partial charge in [-0.3, -0.25) is 9.59 Å². The summed E-state index contributed by atoms with van der Waals surface area (Å²) in [5, 5.41) is 11.1. The minimum absolute atomic E-state index is 0.137. The van der Waals surface area contributed by atoms with Crippen molar-refractivity contribution in [3.05, 3.63) is 12.2 Å². The van der Waals surface area contributed by atoms with Gasteiger partial charge in [-0.1, -0.05) is 39.8 Å². The Morgan fingerprint density at radius 3 is 2.58 bits per heavy atom. The van der Waals surface area contributed by atoms with Crippen LogP contribution < -0.4 is 5.32 Å². The highest BCUT2D eigenvalue weighted by atomic mass is 16.4. The van der Waals surface area contributed by atoms with Crippen molar-refractivity contribution in [2.45, 2.75) is 53.4 Å². The Bertz CT molecular complexity index is 325. The molecule has 1 rings (SSSR count). The van der Waals surface area contributed by atoms with Gasteiger partial charge >= 0.3 is 5.97 Å². The highest BCUT2D eigenvalue weighted by Gasteiger charge is 2.33. The van der Waals surface area contributed by atoms with Crippen LogP contribution in [0.25, 0.3) is 0 Å². The number of rotatable bonds is 3. The number of hydrogen-bond donors (Lipinski definition) is 2. The zero-order valence-corrected chi connectivity index (χ0v) is 12.5. The first-order valence-corrected chi connectivity index (χ1v) is 7.11. The molecule has 2 N–H and O–H groups in total. The molecule has 0 radical (unpaired) electrons. The predicted molar refractivity (Wildman–Crippen MR) is 76.9 cm³/mol. The van der Waals surface area contributed by atoms with E-state index in [4.69, 9.17) is 5.11 Å². The highest BCUT2D eigenvalue weighted by Crippen LogP contribution is 2.33. The van der Waals surface area contributed by atoms with Crippen LogP contribution in [-0.4, -0.2) is 23.5 Å². The molecule has 1 amide bonds. The number of carbonyl (C=O) groups excluding carboxylic acids is 1. The third kappa shape index (κ3) is 6.41. The summed E-state index contributed by atoms with van der Waals surface area (Å²) in [6, 6.07) is 0. The number of aliphatic carboxylic acids is 1. The van der Waals surface area contributed by atoms with Gasteiger partial charge in [0.25, 0.3) is 0 Å². The van der Waals surface area contributed by atoms with Crippen LogP contribution in [0.1, 0.15) is 53.4 Å². The van der Waals surface area contributed by atoms with Crippen LogP contribution in [-0.2, 0) is 9.59 Å². The molecule has 0 aliphatic heterocycles. The third-order valence-corrected chi connectivity index (χ3v) is 3.43. The van der Waals surface area contributed by atoms with E-state index in [1.54, 1.807) is 0 Å². The molecular formula is C15H27NO3. The van der Waals surface area contributed by atoms with Gasteiger partial charge in [-0.15, -0.1) is 0 Å². The number of carboxylic acids is 1. The van der Waals surface area contributed by atoms with E-state index >= 15 is 0 Å². The summed E-state index contributed by atoms with van der Waals surface area (Å²) in [5.41, 5.74) is -0.436. The number of nitrogens with one attached hydrogen (secondary N) is 1. The van der Waals surface area contributed by atoms with E-state index in [0.717, 1.165) is 25.7 Å². The fourth-order valence-corrected chi connectivity index (χ4v) is 2.09. The molecular weight excluding hydrogens is 242 g/mol. The maximum Gasteiger partial charge on any atom is 0.322 e. The first kappa shape index (κ1) is 17.7. The Morgan fingerprint density at radius 1 is 1.37 bits per heavy atom. The summed E-state index contributed by atoms with van der Waals surface area (Å²) in [7, 11) is 0. The van der Waals surface area contributed by atoms with Gasteiger partial charge in [-0.05, 0) is 31.6 Å². The summed E-state index contributed by atoms with van der Waals surface area (Å²) in [6.45, 7) is 7.77. The fourth-order valence-electron chi connectivity index (χ4n) is 2.09. The first-order valence-electron chi connectivity index (χ1n) is 7.11. The van der Waals surface area contributed by atoms with E-state index in [0.29, 0.717) is 5.92 Å². The van der Waals surface area contributed by atoms with Crippen LogP contribution >= 0.6 is 0 Å². The molecule has 19 heavy (non-hydrogen) atoms. The van der Waals surface area contributed by atoms with Gasteiger partial charge in [-0.2, -0.15) is 0 Å². The molecule has 4 nitrogen and oxygen atoms in total. The van der Waals surface area contributed by atoms with E-state index in [-0.39, 0.29) is 12.5 Å². The van der Waals surface area contributed by atoms with Crippen molar-refractivity contribution < 1.29 is 14.7 Å². The first-order chi connectivity index (χ1) is 8.94. The van der Waals surface area contributed by atoms with E-state index in [2.05, 4.69) is 24.4 Å². The number of carbonyl (C=O) groups is 2. The van der Waals surface area contributed by atoms with E-state index in [1.807, 2.05) is 20.8 Å². The van der Waals surface area contributed by atoms with Gasteiger partial charge in [0, 0.05) is 5.41 Å². The molecule has 1 aliphatic carbocycles. The quantitative estimate of drug-likeness (QED) is 0.774. The van der Waals surface area contributed by atoms with Crippen molar-refractivity contribution in [3.63, 3.8) is 0 Å². The van der Waals surface area contributed by atoms with Gasteiger partial charge < -0.3 is 10.4 Å². The van der Waals surface area contributed by atoms with Crippen molar-refractivity contribution in [3.8, 4) is 0 Å². The summed E-state index contributed by atoms with van der Waals surface area (Å²) < 4.78 is 0. The topological polar surface area (TPSA) is 66.4 Å². The van der Waals surface area contributed by atoms with Gasteiger partial charge in [0.2, 0.25) is 5.91 Å². The minimum Gasteiger partial charge on any atom is -0.480 e. The molecule has 0 heterocycles. The molecule has 1 aliphatic rings. The number of amides is 1. The maximum absolute atomic E-state index is 12.0. The molecule has 0 spiro atoms. The minimum atomic E-state index is -0.999. The Labute approximate surface area is 116 Å². The Hall–Kier alpha value is -1.32. The lowest BCUT2D eigenvalue weighted by atomic mass is 9.77. The molecule has 4 heteroatoms. The monoisotopic (exact) mass is 269 g/mol. The Morgan fingerprint density at radius 2 is 2.00 bits per heavy atom. The Kier molecular flexibility index (Phi) is 8.12. The lowest BCUT2D eigenvalue weighted by Crippen LogP contribution is -2.41. The van der Waals surface area contributed by atoms with E-state index < -0.39 is 11.4 Å². The van der Waals surface area contributed by atoms with Crippen molar-refractivity contribution in [1.82, 2.24) is 5.32 Å². The third-order valence-electron chi connectivity index (χ3n) is 3.43. The van der Waals surface area contributed by atoms with Gasteiger partial charge in [0.1, 0.15) is 6.54 Å². The lowest BCUT2D eigenvalue weighted by Gasteiger charge is -2.30. The second kappa shape index (κ2) is 8.73. The molecule has 2 unspecified atom stereocenters. The van der Waals surface area contributed by atoms with Crippen LogP contribution in [0.2, 0.25) is 0 Å². The SMILES string of the molecule is CC.CC1/C=C/CCC(C)(C(=O)NCC(=O)O)CC1. The van der Waals surface area contributed by atoms with Crippen molar-refractivity contribution in [2.75, 3.05) is 6.54 Å². The molecule has 0 aromatic rings. The molecule has 0 aromatic carbocycles. The van der Waals surface area contributed by atoms with Crippen LogP contribution in [0.3, 0.4) is 0 Å². The van der Waals surface area contributed by atoms with E-state index in [9.17, 15) is 9.59 Å². The predicted octanol–water partition coefficient (Wildman–Crippen LogP) is 2.99. The summed E-state index contributed by atoms with van der Waals surface area (Å²) in [6.07, 6.45) is 7.74. The van der Waals surface area contributed by atoms with Crippen molar-refractivity contribution in [1.29, 1.82) is 0 Å². The van der Waals surface area contributed by atoms with Crippen molar-refractivity contribution in [2.24, 2.45) is 11.3 Å². The number of carboxylic acid groups (broad SMARTS) is 1. The van der Waals surface area contributed by atoms with Gasteiger partial charge in [0.15, 0.2) is 0 Å². The highest BCUT2D eigenvalue weighted by molar-refractivity contribution is 5.85. The Balaban J connectivity index is 0.00000154. The second-order valence-electron chi connectivity index (χ2n) is 5.12. The smallest absolute Gasteiger partial charge is 0.322 e. The second-order valence-corrected chi connectivity index (χ2v) is 5.12. The molecule has 0 fully saturated rings. The van der Waals surface area contributed by atoms with Gasteiger partial charge in [-0.25, -0.2) is 0 Å². The zero-order chi connectivity index (χ0) is 14.9. The average Bonchev–Trinajstić information content (AvgIpc) is 2.39. The number of hydrogen-bond acceptors (Lipinski definition) is 2. The standard InChI is InChI=1S/C13H21NO3.C2H6/c1-10-5-3-4-7-13(2,8-6-10)12(17)14-9-11(15)16;1-2/h3,5,10H,4,6-9H2,1-2H3,(H,14,17)(H,15,16);1-2H3/b5-3+;. The van der Waals surface area contributed by atoms with Gasteiger partial charge in [0.05, 0.1) is 0 Å². The zero-order valence-electron chi connectivity index (χ0n) is 12.5. The normalized spacial score (nSPS) is 28.1. The summed E-state index contributed by atoms with van der Waals surface area (Å²) in [4.78, 5) is 22.4.